The molecule has 1 aromatic heterocycles. The van der Waals surface area contributed by atoms with Crippen LogP contribution in [0.25, 0.3) is 35.0 Å². The average molecular weight is 703 g/mol. The van der Waals surface area contributed by atoms with Crippen molar-refractivity contribution in [3.05, 3.63) is 168 Å². The molecule has 0 bridgehead atoms. The van der Waals surface area contributed by atoms with Crippen LogP contribution in [0.15, 0.2) is 151 Å². The molecule has 5 aromatic rings. The maximum Gasteiger partial charge on any atom is -0.112 e. The zero-order valence-corrected chi connectivity index (χ0v) is 26.4. The van der Waals surface area contributed by atoms with Crippen molar-refractivity contribution in [2.75, 3.05) is 0 Å². The molecule has 1 aliphatic rings. The molecule has 0 saturated carbocycles. The van der Waals surface area contributed by atoms with Gasteiger partial charge in [0.2, 0.25) is 0 Å². The van der Waals surface area contributed by atoms with E-state index in [0.29, 0.717) is 0 Å². The van der Waals surface area contributed by atoms with Crippen molar-refractivity contribution in [2.24, 2.45) is 0 Å². The molecule has 0 atom stereocenters. The Kier molecular flexibility index (Phi) is 10.2. The molecule has 0 radical (unpaired) electrons. The third-order valence-electron chi connectivity index (χ3n) is 6.20. The second-order valence-electron chi connectivity index (χ2n) is 9.22. The quantitative estimate of drug-likeness (QED) is 0.261. The van der Waals surface area contributed by atoms with Crippen molar-refractivity contribution in [3.8, 4) is 20.0 Å². The zero-order valence-electron chi connectivity index (χ0n) is 22.3. The molecule has 0 amide bonds. The molecule has 0 spiro atoms. The van der Waals surface area contributed by atoms with Crippen LogP contribution in [-0.4, -0.2) is 29.5 Å². The molecule has 42 heavy (non-hydrogen) atoms. The van der Waals surface area contributed by atoms with Gasteiger partial charge in [-0.1, -0.05) is 0 Å². The van der Waals surface area contributed by atoms with Gasteiger partial charge in [0.1, 0.15) is 0 Å². The monoisotopic (exact) mass is 704 g/mol. The summed E-state index contributed by atoms with van der Waals surface area (Å²) in [7, 11) is -4.94. The molecular weight excluding hydrogens is 678 g/mol. The largest absolute Gasteiger partial charge is 0.222 e. The van der Waals surface area contributed by atoms with Gasteiger partial charge in [0.05, 0.1) is 0 Å². The first-order valence-electron chi connectivity index (χ1n) is 13.0. The van der Waals surface area contributed by atoms with Crippen LogP contribution in [0.5, 0.6) is 0 Å². The minimum Gasteiger partial charge on any atom is -0.222 e. The Morgan fingerprint density at radius 2 is 0.833 bits per heavy atom. The number of halogens is 1. The van der Waals surface area contributed by atoms with Crippen LogP contribution in [-0.2, 0) is 0 Å². The fourth-order valence-electron chi connectivity index (χ4n) is 4.38. The van der Waals surface area contributed by atoms with E-state index >= 15 is 0 Å². The van der Waals surface area contributed by atoms with Gasteiger partial charge in [0.15, 0.2) is 0 Å². The molecule has 2 heterocycles. The molecular formula is C35H25ClO4Se2. The van der Waals surface area contributed by atoms with Crippen molar-refractivity contribution >= 4 is 44.5 Å². The fourth-order valence-corrected chi connectivity index (χ4v) is 9.14. The van der Waals surface area contributed by atoms with E-state index in [1.54, 1.807) is 0 Å². The predicted octanol–water partition coefficient (Wildman–Crippen LogP) is 3.79. The summed E-state index contributed by atoms with van der Waals surface area (Å²) in [6.07, 6.45) is 7.14. The van der Waals surface area contributed by atoms with E-state index in [4.69, 9.17) is 18.6 Å². The molecule has 0 saturated heterocycles. The zero-order chi connectivity index (χ0) is 29.4. The van der Waals surface area contributed by atoms with Crippen LogP contribution < -0.4 is 18.6 Å². The van der Waals surface area contributed by atoms with Crippen LogP contribution in [0, 0.1) is 10.2 Å². The summed E-state index contributed by atoms with van der Waals surface area (Å²) in [5.41, 5.74) is 7.76. The Balaban J connectivity index is 0.000000652. The Morgan fingerprint density at radius 3 is 1.19 bits per heavy atom. The van der Waals surface area contributed by atoms with Gasteiger partial charge in [-0.2, -0.15) is 0 Å². The van der Waals surface area contributed by atoms with E-state index < -0.39 is 10.2 Å². The van der Waals surface area contributed by atoms with Gasteiger partial charge in [0, 0.05) is 0 Å². The number of allylic oxidation sites excluding steroid dienone is 3. The molecule has 0 unspecified atom stereocenters. The molecule has 4 nitrogen and oxygen atoms in total. The van der Waals surface area contributed by atoms with Crippen LogP contribution in [0.1, 0.15) is 16.7 Å². The molecule has 6 rings (SSSR count). The molecule has 0 N–H and O–H groups in total. The smallest absolute Gasteiger partial charge is 0.112 e. The number of hydrogen-bond donors (Lipinski definition) is 0. The minimum absolute atomic E-state index is 0.246. The van der Waals surface area contributed by atoms with Gasteiger partial charge >= 0.3 is 232 Å². The third kappa shape index (κ3) is 8.81. The molecule has 0 fully saturated rings. The first kappa shape index (κ1) is 30.1. The van der Waals surface area contributed by atoms with Gasteiger partial charge in [-0.3, -0.25) is 0 Å². The third-order valence-corrected chi connectivity index (χ3v) is 11.0. The van der Waals surface area contributed by atoms with Crippen molar-refractivity contribution in [1.82, 2.24) is 0 Å². The average Bonchev–Trinajstić information content (AvgIpc) is 3.02. The number of benzene rings is 4. The Labute approximate surface area is 259 Å². The summed E-state index contributed by atoms with van der Waals surface area (Å²) in [5, 5.41) is 0. The SMILES string of the molecule is C(=C1C=C(c2ccccc2)[Se]C(c2ccccc2)=C1)c1cc(-c2ccccc2)[se+]c(-c2ccccc2)c1.[O-][Cl+3]([O-])([O-])[O-]. The topological polar surface area (TPSA) is 92.2 Å². The summed E-state index contributed by atoms with van der Waals surface area (Å²) in [6, 6.07) is 48.1. The summed E-state index contributed by atoms with van der Waals surface area (Å²) in [6.45, 7) is 0. The molecule has 1 aliphatic heterocycles. The van der Waals surface area contributed by atoms with E-state index in [1.807, 2.05) is 0 Å². The Hall–Kier alpha value is -3.38. The summed E-state index contributed by atoms with van der Waals surface area (Å²) >= 11 is 0.493. The molecule has 4 aromatic carbocycles. The number of rotatable bonds is 5. The summed E-state index contributed by atoms with van der Waals surface area (Å²) in [5.74, 6) is 0. The normalized spacial score (nSPS) is 12.9. The Bertz CT molecular complexity index is 1590. The van der Waals surface area contributed by atoms with Crippen molar-refractivity contribution in [2.45, 2.75) is 0 Å². The van der Waals surface area contributed by atoms with Gasteiger partial charge in [-0.05, 0) is 0 Å². The first-order valence-corrected chi connectivity index (χ1v) is 17.6. The van der Waals surface area contributed by atoms with E-state index in [-0.39, 0.29) is 29.5 Å². The standard InChI is InChI=1S/C35H25Se2.ClHO4/c1-5-13-28(14-6-1)32-22-26(23-33(36-32)29-15-7-2-8-16-29)21-27-24-34(30-17-9-3-10-18-30)37-35(25-27)31-19-11-4-12-20-31;2-1(3,4)5/h1-25H;(H,2,3,4,5)/q+1;/p-1. The van der Waals surface area contributed by atoms with Crippen LogP contribution in [0.2, 0.25) is 0 Å². The van der Waals surface area contributed by atoms with E-state index in [9.17, 15) is 0 Å². The van der Waals surface area contributed by atoms with Gasteiger partial charge < -0.3 is 0 Å². The van der Waals surface area contributed by atoms with Crippen LogP contribution in [0.4, 0.5) is 0 Å². The molecule has 0 aliphatic carbocycles. The van der Waals surface area contributed by atoms with E-state index in [2.05, 4.69) is 152 Å². The van der Waals surface area contributed by atoms with Crippen molar-refractivity contribution < 1.29 is 28.9 Å². The second kappa shape index (κ2) is 14.2. The fraction of sp³-hybridized carbons (Fsp3) is 0. The van der Waals surface area contributed by atoms with Crippen molar-refractivity contribution in [1.29, 1.82) is 0 Å². The first-order chi connectivity index (χ1) is 20.3. The summed E-state index contributed by atoms with van der Waals surface area (Å²) in [4.78, 5) is 0. The molecule has 208 valence electrons. The van der Waals surface area contributed by atoms with Crippen LogP contribution in [0.3, 0.4) is 0 Å². The maximum atomic E-state index is 8.49. The van der Waals surface area contributed by atoms with Crippen molar-refractivity contribution in [3.63, 3.8) is 0 Å². The van der Waals surface area contributed by atoms with E-state index in [1.165, 1.54) is 51.2 Å². The number of hydrogen-bond acceptors (Lipinski definition) is 4. The predicted molar refractivity (Wildman–Crippen MR) is 161 cm³/mol. The van der Waals surface area contributed by atoms with Crippen LogP contribution >= 0.6 is 0 Å². The van der Waals surface area contributed by atoms with Gasteiger partial charge in [-0.15, -0.1) is 10.2 Å². The summed E-state index contributed by atoms with van der Waals surface area (Å²) < 4.78 is 39.6. The minimum atomic E-state index is -4.94. The maximum absolute atomic E-state index is 8.49. The molecule has 7 heteroatoms. The second-order valence-corrected chi connectivity index (χ2v) is 14.5. The van der Waals surface area contributed by atoms with Gasteiger partial charge in [-0.25, -0.2) is 18.6 Å². The Morgan fingerprint density at radius 1 is 0.500 bits per heavy atom. The van der Waals surface area contributed by atoms with E-state index in [0.717, 1.165) is 0 Å². The van der Waals surface area contributed by atoms with Gasteiger partial charge in [0.25, 0.3) is 0 Å².